The molecule has 0 N–H and O–H groups in total. The number of para-hydroxylation sites is 1. The molecule has 2 atom stereocenters. The number of nitrogens with zero attached hydrogens (tertiary/aromatic N) is 1. The van der Waals surface area contributed by atoms with E-state index in [0.29, 0.717) is 5.75 Å². The summed E-state index contributed by atoms with van der Waals surface area (Å²) in [5.41, 5.74) is 6.33. The van der Waals surface area contributed by atoms with Gasteiger partial charge in [-0.15, -0.1) is 0 Å². The number of aryl methyl sites for hydroxylation is 1. The molecule has 3 heteroatoms. The molecule has 0 aromatic heterocycles. The third-order valence-corrected chi connectivity index (χ3v) is 6.24. The van der Waals surface area contributed by atoms with Crippen LogP contribution in [0.2, 0.25) is 0 Å². The van der Waals surface area contributed by atoms with Gasteiger partial charge in [-0.05, 0) is 60.6 Å². The lowest BCUT2D eigenvalue weighted by Gasteiger charge is -2.37. The van der Waals surface area contributed by atoms with Crippen LogP contribution < -0.4 is 4.74 Å². The van der Waals surface area contributed by atoms with Crippen LogP contribution in [-0.4, -0.2) is 23.1 Å². The van der Waals surface area contributed by atoms with Crippen LogP contribution in [0.1, 0.15) is 36.0 Å². The Hall–Kier alpha value is -3.33. The van der Waals surface area contributed by atoms with Crippen LogP contribution in [-0.2, 0) is 0 Å². The number of fused-ring (bicyclic) bond motifs is 2. The van der Waals surface area contributed by atoms with Gasteiger partial charge in [0.2, 0.25) is 0 Å². The monoisotopic (exact) mass is 395 g/mol. The number of rotatable bonds is 3. The van der Waals surface area contributed by atoms with Crippen molar-refractivity contribution in [3.63, 3.8) is 0 Å². The summed E-state index contributed by atoms with van der Waals surface area (Å²) in [5, 5.41) is 0. The standard InChI is InChI=1S/C27H25NO2/c1-19-12-14-20(15-13-19)24-18-22-16-17-25(26(24)21-8-4-2-5-9-21)28(22)27(29)30-23-10-6-3-7-11-23/h2-15,22,25H,16-18H2,1H3/t22-,25+/m0/s1. The molecule has 0 unspecified atom stereocenters. The summed E-state index contributed by atoms with van der Waals surface area (Å²) in [4.78, 5) is 15.2. The smallest absolute Gasteiger partial charge is 0.410 e. The fourth-order valence-electron chi connectivity index (χ4n) is 4.84. The lowest BCUT2D eigenvalue weighted by atomic mass is 9.84. The zero-order valence-corrected chi connectivity index (χ0v) is 17.1. The van der Waals surface area contributed by atoms with Gasteiger partial charge in [-0.25, -0.2) is 4.79 Å². The Morgan fingerprint density at radius 2 is 1.50 bits per heavy atom. The number of benzene rings is 3. The Labute approximate surface area is 177 Å². The fraction of sp³-hybridized carbons (Fsp3) is 0.222. The van der Waals surface area contributed by atoms with E-state index in [1.165, 1.54) is 27.8 Å². The minimum absolute atomic E-state index is 0.0404. The van der Waals surface area contributed by atoms with Crippen molar-refractivity contribution in [2.24, 2.45) is 0 Å². The first kappa shape index (κ1) is 18.7. The van der Waals surface area contributed by atoms with Crippen LogP contribution in [0, 0.1) is 6.92 Å². The van der Waals surface area contributed by atoms with Gasteiger partial charge in [-0.1, -0.05) is 78.4 Å². The average Bonchev–Trinajstić information content (AvgIpc) is 3.09. The van der Waals surface area contributed by atoms with Gasteiger partial charge in [0.25, 0.3) is 0 Å². The Morgan fingerprint density at radius 3 is 2.20 bits per heavy atom. The normalized spacial score (nSPS) is 20.4. The molecule has 0 radical (unpaired) electrons. The summed E-state index contributed by atoms with van der Waals surface area (Å²) in [6.07, 6.45) is 2.58. The molecule has 1 saturated heterocycles. The Kier molecular flexibility index (Phi) is 4.88. The van der Waals surface area contributed by atoms with Crippen LogP contribution in [0.25, 0.3) is 11.1 Å². The van der Waals surface area contributed by atoms with Crippen molar-refractivity contribution in [3.05, 3.63) is 102 Å². The molecular weight excluding hydrogens is 370 g/mol. The summed E-state index contributed by atoms with van der Waals surface area (Å²) in [7, 11) is 0. The van der Waals surface area contributed by atoms with Crippen molar-refractivity contribution in [1.29, 1.82) is 0 Å². The van der Waals surface area contributed by atoms with E-state index in [0.717, 1.165) is 19.3 Å². The molecule has 150 valence electrons. The molecule has 2 heterocycles. The van der Waals surface area contributed by atoms with Gasteiger partial charge in [0, 0.05) is 6.04 Å². The predicted molar refractivity (Wildman–Crippen MR) is 120 cm³/mol. The molecule has 1 amide bonds. The van der Waals surface area contributed by atoms with Crippen molar-refractivity contribution >= 4 is 17.2 Å². The number of carbonyl (C=O) groups is 1. The quantitative estimate of drug-likeness (QED) is 0.518. The Balaban J connectivity index is 1.56. The van der Waals surface area contributed by atoms with Gasteiger partial charge in [0.15, 0.2) is 0 Å². The number of hydrogen-bond acceptors (Lipinski definition) is 2. The summed E-state index contributed by atoms with van der Waals surface area (Å²) >= 11 is 0. The molecular formula is C27H25NO2. The van der Waals surface area contributed by atoms with Crippen LogP contribution in [0.5, 0.6) is 5.75 Å². The van der Waals surface area contributed by atoms with E-state index >= 15 is 0 Å². The van der Waals surface area contributed by atoms with E-state index in [-0.39, 0.29) is 18.2 Å². The summed E-state index contributed by atoms with van der Waals surface area (Å²) in [5.74, 6) is 0.594. The van der Waals surface area contributed by atoms with Crippen molar-refractivity contribution in [1.82, 2.24) is 4.90 Å². The number of carbonyl (C=O) groups excluding carboxylic acids is 1. The number of ether oxygens (including phenoxy) is 1. The van der Waals surface area contributed by atoms with Crippen molar-refractivity contribution in [3.8, 4) is 5.75 Å². The van der Waals surface area contributed by atoms with Crippen LogP contribution >= 0.6 is 0 Å². The third-order valence-electron chi connectivity index (χ3n) is 6.24. The second-order valence-electron chi connectivity index (χ2n) is 8.16. The second-order valence-corrected chi connectivity index (χ2v) is 8.16. The third kappa shape index (κ3) is 3.41. The maximum Gasteiger partial charge on any atom is 0.416 e. The van der Waals surface area contributed by atoms with E-state index in [9.17, 15) is 4.79 Å². The van der Waals surface area contributed by atoms with Crippen LogP contribution in [0.15, 0.2) is 84.9 Å². The predicted octanol–water partition coefficient (Wildman–Crippen LogP) is 6.34. The Morgan fingerprint density at radius 1 is 0.833 bits per heavy atom. The van der Waals surface area contributed by atoms with Gasteiger partial charge in [0.1, 0.15) is 5.75 Å². The van der Waals surface area contributed by atoms with Crippen molar-refractivity contribution < 1.29 is 9.53 Å². The fourth-order valence-corrected chi connectivity index (χ4v) is 4.84. The topological polar surface area (TPSA) is 29.5 Å². The molecule has 5 rings (SSSR count). The number of amides is 1. The SMILES string of the molecule is Cc1ccc(C2=C(c3ccccc3)[C@H]3CC[C@@H](C2)N3C(=O)Oc2ccccc2)cc1. The Bertz CT molecular complexity index is 1070. The first-order chi connectivity index (χ1) is 14.7. The van der Waals surface area contributed by atoms with Crippen LogP contribution in [0.3, 0.4) is 0 Å². The zero-order chi connectivity index (χ0) is 20.5. The van der Waals surface area contributed by atoms with Gasteiger partial charge in [-0.2, -0.15) is 0 Å². The lowest BCUT2D eigenvalue weighted by Crippen LogP contribution is -2.46. The molecule has 0 spiro atoms. The summed E-state index contributed by atoms with van der Waals surface area (Å²) < 4.78 is 5.74. The highest BCUT2D eigenvalue weighted by atomic mass is 16.6. The minimum Gasteiger partial charge on any atom is -0.410 e. The molecule has 1 fully saturated rings. The van der Waals surface area contributed by atoms with Crippen molar-refractivity contribution in [2.45, 2.75) is 38.3 Å². The molecule has 3 nitrogen and oxygen atoms in total. The van der Waals surface area contributed by atoms with E-state index in [1.54, 1.807) is 0 Å². The molecule has 2 bridgehead atoms. The first-order valence-electron chi connectivity index (χ1n) is 10.6. The maximum atomic E-state index is 13.2. The maximum absolute atomic E-state index is 13.2. The summed E-state index contributed by atoms with van der Waals surface area (Å²) in [6, 6.07) is 28.8. The second kappa shape index (κ2) is 7.83. The molecule has 0 aliphatic carbocycles. The van der Waals surface area contributed by atoms with Gasteiger partial charge < -0.3 is 4.74 Å². The molecule has 3 aromatic carbocycles. The summed E-state index contributed by atoms with van der Waals surface area (Å²) in [6.45, 7) is 2.11. The highest BCUT2D eigenvalue weighted by Crippen LogP contribution is 2.47. The number of hydrogen-bond donors (Lipinski definition) is 0. The van der Waals surface area contributed by atoms with Gasteiger partial charge >= 0.3 is 6.09 Å². The van der Waals surface area contributed by atoms with Gasteiger partial charge in [-0.3, -0.25) is 4.90 Å². The largest absolute Gasteiger partial charge is 0.416 e. The highest BCUT2D eigenvalue weighted by molar-refractivity contribution is 5.96. The van der Waals surface area contributed by atoms with E-state index in [2.05, 4.69) is 55.5 Å². The van der Waals surface area contributed by atoms with Crippen LogP contribution in [0.4, 0.5) is 4.79 Å². The first-order valence-corrected chi connectivity index (χ1v) is 10.6. The molecule has 0 saturated carbocycles. The van der Waals surface area contributed by atoms with Crippen molar-refractivity contribution in [2.75, 3.05) is 0 Å². The average molecular weight is 396 g/mol. The lowest BCUT2D eigenvalue weighted by molar-refractivity contribution is 0.137. The van der Waals surface area contributed by atoms with E-state index < -0.39 is 0 Å². The molecule has 3 aromatic rings. The van der Waals surface area contributed by atoms with E-state index in [1.807, 2.05) is 41.3 Å². The minimum atomic E-state index is -0.245. The zero-order valence-electron chi connectivity index (χ0n) is 17.1. The van der Waals surface area contributed by atoms with Gasteiger partial charge in [0.05, 0.1) is 6.04 Å². The van der Waals surface area contributed by atoms with E-state index in [4.69, 9.17) is 4.74 Å². The molecule has 30 heavy (non-hydrogen) atoms. The highest BCUT2D eigenvalue weighted by Gasteiger charge is 2.45. The molecule has 2 aliphatic heterocycles. The molecule has 2 aliphatic rings.